The molecule has 0 saturated heterocycles. The van der Waals surface area contributed by atoms with Gasteiger partial charge in [-0.2, -0.15) is 12.7 Å². The van der Waals surface area contributed by atoms with Crippen molar-refractivity contribution >= 4 is 15.9 Å². The van der Waals surface area contributed by atoms with E-state index in [4.69, 9.17) is 0 Å². The number of rotatable bonds is 8. The van der Waals surface area contributed by atoms with Crippen molar-refractivity contribution in [2.45, 2.75) is 33.3 Å². The molecular formula is C13H22N2O3S. The standard InChI is InChI=1S/C13H22N2O3S/c1-3-9-15(10-4-2)19(17,18)14-13-8-6-5-7-12(13)11-16/h5-8,14,16H,3-4,9-11H2,1-2H3. The first kappa shape index (κ1) is 15.9. The lowest BCUT2D eigenvalue weighted by molar-refractivity contribution is 0.282. The topological polar surface area (TPSA) is 69.6 Å². The summed E-state index contributed by atoms with van der Waals surface area (Å²) >= 11 is 0. The maximum Gasteiger partial charge on any atom is 0.301 e. The minimum absolute atomic E-state index is 0.194. The van der Waals surface area contributed by atoms with E-state index >= 15 is 0 Å². The Morgan fingerprint density at radius 3 is 2.26 bits per heavy atom. The van der Waals surface area contributed by atoms with Crippen molar-refractivity contribution in [1.82, 2.24) is 4.31 Å². The van der Waals surface area contributed by atoms with Crippen LogP contribution < -0.4 is 4.72 Å². The van der Waals surface area contributed by atoms with E-state index in [-0.39, 0.29) is 6.61 Å². The summed E-state index contributed by atoms with van der Waals surface area (Å²) < 4.78 is 28.5. The van der Waals surface area contributed by atoms with Crippen LogP contribution in [0.5, 0.6) is 0 Å². The maximum absolute atomic E-state index is 12.3. The van der Waals surface area contributed by atoms with E-state index in [9.17, 15) is 13.5 Å². The number of hydrogen-bond acceptors (Lipinski definition) is 3. The van der Waals surface area contributed by atoms with Gasteiger partial charge in [0.25, 0.3) is 0 Å². The molecule has 0 saturated carbocycles. The average molecular weight is 286 g/mol. The highest BCUT2D eigenvalue weighted by molar-refractivity contribution is 7.90. The smallest absolute Gasteiger partial charge is 0.301 e. The molecule has 0 unspecified atom stereocenters. The van der Waals surface area contributed by atoms with Gasteiger partial charge in [0.15, 0.2) is 0 Å². The van der Waals surface area contributed by atoms with Gasteiger partial charge in [0.2, 0.25) is 0 Å². The average Bonchev–Trinajstić information content (AvgIpc) is 2.38. The largest absolute Gasteiger partial charge is 0.392 e. The van der Waals surface area contributed by atoms with Crippen LogP contribution in [0, 0.1) is 0 Å². The van der Waals surface area contributed by atoms with Gasteiger partial charge in [-0.1, -0.05) is 32.0 Å². The summed E-state index contributed by atoms with van der Waals surface area (Å²) in [6.45, 7) is 4.68. The minimum atomic E-state index is -3.56. The molecule has 108 valence electrons. The normalized spacial score (nSPS) is 11.8. The molecule has 0 aromatic heterocycles. The molecule has 19 heavy (non-hydrogen) atoms. The van der Waals surface area contributed by atoms with Gasteiger partial charge in [0.05, 0.1) is 12.3 Å². The van der Waals surface area contributed by atoms with Crippen molar-refractivity contribution in [2.75, 3.05) is 17.8 Å². The monoisotopic (exact) mass is 286 g/mol. The van der Waals surface area contributed by atoms with Crippen LogP contribution in [0.15, 0.2) is 24.3 Å². The number of nitrogens with one attached hydrogen (secondary N) is 1. The number of benzene rings is 1. The number of aliphatic hydroxyl groups excluding tert-OH is 1. The molecular weight excluding hydrogens is 264 g/mol. The molecule has 0 heterocycles. The Morgan fingerprint density at radius 1 is 1.16 bits per heavy atom. The van der Waals surface area contributed by atoms with Crippen LogP contribution >= 0.6 is 0 Å². The Bertz CT molecular complexity index is 482. The molecule has 0 aliphatic carbocycles. The highest BCUT2D eigenvalue weighted by atomic mass is 32.2. The zero-order chi connectivity index (χ0) is 14.3. The molecule has 0 amide bonds. The summed E-state index contributed by atoms with van der Waals surface area (Å²) in [6, 6.07) is 6.85. The van der Waals surface area contributed by atoms with E-state index in [0.29, 0.717) is 24.3 Å². The van der Waals surface area contributed by atoms with Crippen LogP contribution in [-0.4, -0.2) is 30.9 Å². The van der Waals surface area contributed by atoms with E-state index in [1.165, 1.54) is 4.31 Å². The molecule has 0 aliphatic heterocycles. The van der Waals surface area contributed by atoms with E-state index < -0.39 is 10.2 Å². The third-order valence-electron chi connectivity index (χ3n) is 2.71. The Labute approximate surface area is 115 Å². The molecule has 1 aromatic carbocycles. The highest BCUT2D eigenvalue weighted by Crippen LogP contribution is 2.18. The van der Waals surface area contributed by atoms with Crippen LogP contribution in [0.25, 0.3) is 0 Å². The summed E-state index contributed by atoms with van der Waals surface area (Å²) in [7, 11) is -3.56. The van der Waals surface area contributed by atoms with Crippen molar-refractivity contribution in [3.05, 3.63) is 29.8 Å². The lowest BCUT2D eigenvalue weighted by atomic mass is 10.2. The Morgan fingerprint density at radius 2 is 1.74 bits per heavy atom. The second kappa shape index (κ2) is 7.47. The quantitative estimate of drug-likeness (QED) is 0.767. The van der Waals surface area contributed by atoms with Crippen LogP contribution in [0.1, 0.15) is 32.3 Å². The zero-order valence-corrected chi connectivity index (χ0v) is 12.3. The van der Waals surface area contributed by atoms with Gasteiger partial charge in [0, 0.05) is 18.7 Å². The maximum atomic E-state index is 12.3. The van der Waals surface area contributed by atoms with Crippen molar-refractivity contribution in [3.63, 3.8) is 0 Å². The van der Waals surface area contributed by atoms with Gasteiger partial charge in [-0.25, -0.2) is 0 Å². The molecule has 0 aliphatic rings. The van der Waals surface area contributed by atoms with Crippen LogP contribution in [0.3, 0.4) is 0 Å². The Hall–Kier alpha value is -1.11. The number of aliphatic hydroxyl groups is 1. The van der Waals surface area contributed by atoms with E-state index in [1.54, 1.807) is 24.3 Å². The highest BCUT2D eigenvalue weighted by Gasteiger charge is 2.20. The fraction of sp³-hybridized carbons (Fsp3) is 0.538. The number of nitrogens with zero attached hydrogens (tertiary/aromatic N) is 1. The molecule has 5 nitrogen and oxygen atoms in total. The number of anilines is 1. The number of para-hydroxylation sites is 1. The second-order valence-corrected chi connectivity index (χ2v) is 5.99. The van der Waals surface area contributed by atoms with Crippen molar-refractivity contribution < 1.29 is 13.5 Å². The first-order chi connectivity index (χ1) is 9.05. The van der Waals surface area contributed by atoms with E-state index in [2.05, 4.69) is 4.72 Å². The molecule has 1 rings (SSSR count). The number of hydrogen-bond donors (Lipinski definition) is 2. The van der Waals surface area contributed by atoms with Gasteiger partial charge in [-0.3, -0.25) is 4.72 Å². The predicted octanol–water partition coefficient (Wildman–Crippen LogP) is 1.96. The Balaban J connectivity index is 2.93. The minimum Gasteiger partial charge on any atom is -0.392 e. The summed E-state index contributed by atoms with van der Waals surface area (Å²) in [5.41, 5.74) is 1.00. The SMILES string of the molecule is CCCN(CCC)S(=O)(=O)Nc1ccccc1CO. The summed E-state index contributed by atoms with van der Waals surface area (Å²) in [5.74, 6) is 0. The lowest BCUT2D eigenvalue weighted by Gasteiger charge is -2.22. The third-order valence-corrected chi connectivity index (χ3v) is 4.24. The van der Waals surface area contributed by atoms with Crippen LogP contribution in [0.4, 0.5) is 5.69 Å². The van der Waals surface area contributed by atoms with Gasteiger partial charge in [-0.15, -0.1) is 0 Å². The van der Waals surface area contributed by atoms with E-state index in [0.717, 1.165) is 12.8 Å². The predicted molar refractivity (Wildman–Crippen MR) is 77.1 cm³/mol. The summed E-state index contributed by atoms with van der Waals surface area (Å²) in [4.78, 5) is 0. The molecule has 0 bridgehead atoms. The third kappa shape index (κ3) is 4.49. The fourth-order valence-electron chi connectivity index (χ4n) is 1.81. The van der Waals surface area contributed by atoms with Crippen molar-refractivity contribution in [1.29, 1.82) is 0 Å². The van der Waals surface area contributed by atoms with Gasteiger partial charge < -0.3 is 5.11 Å². The fourth-order valence-corrected chi connectivity index (χ4v) is 3.26. The molecule has 0 atom stereocenters. The Kier molecular flexibility index (Phi) is 6.27. The molecule has 0 spiro atoms. The van der Waals surface area contributed by atoms with Crippen LogP contribution in [0.2, 0.25) is 0 Å². The van der Waals surface area contributed by atoms with Crippen LogP contribution in [-0.2, 0) is 16.8 Å². The van der Waals surface area contributed by atoms with Crippen molar-refractivity contribution in [3.8, 4) is 0 Å². The van der Waals surface area contributed by atoms with Gasteiger partial charge in [-0.05, 0) is 18.9 Å². The molecule has 0 fully saturated rings. The molecule has 1 aromatic rings. The molecule has 2 N–H and O–H groups in total. The first-order valence-electron chi connectivity index (χ1n) is 6.51. The molecule has 0 radical (unpaired) electrons. The van der Waals surface area contributed by atoms with E-state index in [1.807, 2.05) is 13.8 Å². The van der Waals surface area contributed by atoms with Crippen molar-refractivity contribution in [2.24, 2.45) is 0 Å². The lowest BCUT2D eigenvalue weighted by Crippen LogP contribution is -2.37. The second-order valence-electron chi connectivity index (χ2n) is 4.32. The summed E-state index contributed by atoms with van der Waals surface area (Å²) in [6.07, 6.45) is 1.53. The first-order valence-corrected chi connectivity index (χ1v) is 7.95. The zero-order valence-electron chi connectivity index (χ0n) is 11.5. The van der Waals surface area contributed by atoms with Gasteiger partial charge >= 0.3 is 10.2 Å². The van der Waals surface area contributed by atoms with Gasteiger partial charge in [0.1, 0.15) is 0 Å². The molecule has 6 heteroatoms. The summed E-state index contributed by atoms with van der Waals surface area (Å²) in [5, 5.41) is 9.21.